The fraction of sp³-hybridized carbons (Fsp3) is 1.00. The molecule has 14 nitrogen and oxygen atoms in total. The van der Waals surface area contributed by atoms with Crippen molar-refractivity contribution in [2.75, 3.05) is 0 Å². The predicted molar refractivity (Wildman–Crippen MR) is 202 cm³/mol. The Bertz CT molecular complexity index is 935. The molecule has 1 spiro atoms. The van der Waals surface area contributed by atoms with Gasteiger partial charge in [0.05, 0.1) is 44.8 Å². The minimum absolute atomic E-state index is 0.875. The first kappa shape index (κ1) is 48.0. The summed E-state index contributed by atoms with van der Waals surface area (Å²) in [6, 6.07) is 0. The number of hydrogen-bond donors (Lipinski definition) is 0. The van der Waals surface area contributed by atoms with E-state index in [0.29, 0.717) is 0 Å². The summed E-state index contributed by atoms with van der Waals surface area (Å²) in [5.41, 5.74) is -7.00. The highest BCUT2D eigenvalue weighted by Gasteiger charge is 2.82. The van der Waals surface area contributed by atoms with Crippen molar-refractivity contribution >= 4 is 50.6 Å². The van der Waals surface area contributed by atoms with Gasteiger partial charge in [-0.1, -0.05) is 0 Å². The summed E-state index contributed by atoms with van der Waals surface area (Å²) in [7, 11) is -18.1. The standard InChI is InChI=1S/2C16H36O7Si2.Al/c2*1-13(2,3)19-24(17,20-14(4,5)6)23-25(18,21-15(7,8)9)22-16(10,11)12;/h2*1-12H3;/q2*-2;+3. The van der Waals surface area contributed by atoms with Crippen molar-refractivity contribution in [3.8, 4) is 0 Å². The predicted octanol–water partition coefficient (Wildman–Crippen LogP) is 7.81. The molecule has 0 unspecified atom stereocenters. The van der Waals surface area contributed by atoms with Crippen LogP contribution in [0.25, 0.3) is 0 Å². The Labute approximate surface area is 318 Å². The molecule has 19 heteroatoms. The van der Waals surface area contributed by atoms with Gasteiger partial charge in [-0.3, -0.25) is 0 Å². The molecule has 0 amide bonds. The van der Waals surface area contributed by atoms with Crippen molar-refractivity contribution in [1.29, 1.82) is 0 Å². The average Bonchev–Trinajstić information content (AvgIpc) is 2.58. The largest absolute Gasteiger partial charge is 0.852 e. The van der Waals surface area contributed by atoms with Crippen molar-refractivity contribution in [3.05, 3.63) is 0 Å². The third-order valence-electron chi connectivity index (χ3n) is 5.10. The van der Waals surface area contributed by atoms with Gasteiger partial charge in [-0.2, -0.15) is 0 Å². The molecule has 0 N–H and O–H groups in total. The maximum absolute atomic E-state index is 7.02. The number of rotatable bonds is 8. The zero-order chi connectivity index (χ0) is 40.4. The van der Waals surface area contributed by atoms with Crippen molar-refractivity contribution in [3.63, 3.8) is 0 Å². The Balaban J connectivity index is 3.25. The highest BCUT2D eigenvalue weighted by Crippen LogP contribution is 2.48. The molecule has 0 radical (unpaired) electrons. The quantitative estimate of drug-likeness (QED) is 0.221. The molecule has 2 fully saturated rings. The molecule has 2 saturated heterocycles. The second kappa shape index (κ2) is 14.7. The molecule has 2 aliphatic rings. The van der Waals surface area contributed by atoms with Crippen LogP contribution < -0.4 is 0 Å². The molecule has 304 valence electrons. The first-order valence-electron chi connectivity index (χ1n) is 17.8. The fourth-order valence-electron chi connectivity index (χ4n) is 4.70. The van der Waals surface area contributed by atoms with Crippen LogP contribution in [0.3, 0.4) is 0 Å². The van der Waals surface area contributed by atoms with Gasteiger partial charge in [-0.05, 0) is 166 Å². The van der Waals surface area contributed by atoms with E-state index in [0.717, 1.165) is 0 Å². The van der Waals surface area contributed by atoms with Gasteiger partial charge in [0.1, 0.15) is 0 Å². The molecule has 2 aliphatic heterocycles. The van der Waals surface area contributed by atoms with Crippen LogP contribution in [0.15, 0.2) is 0 Å². The van der Waals surface area contributed by atoms with Gasteiger partial charge in [-0.25, -0.2) is 0 Å². The van der Waals surface area contributed by atoms with Gasteiger partial charge in [0.2, 0.25) is 0 Å². The van der Waals surface area contributed by atoms with E-state index in [1.165, 1.54) is 0 Å². The van der Waals surface area contributed by atoms with Crippen LogP contribution in [0.4, 0.5) is 0 Å². The Hall–Kier alpha value is 0.840. The first-order valence-corrected chi connectivity index (χ1v) is 26.3. The van der Waals surface area contributed by atoms with E-state index in [1.54, 1.807) is 0 Å². The molecule has 51 heavy (non-hydrogen) atoms. The summed E-state index contributed by atoms with van der Waals surface area (Å²) in [5.74, 6) is 0. The lowest BCUT2D eigenvalue weighted by Crippen LogP contribution is -2.86. The minimum atomic E-state index is -5.36. The Kier molecular flexibility index (Phi) is 13.8. The maximum atomic E-state index is 7.02. The zero-order valence-corrected chi connectivity index (χ0v) is 41.4. The molecule has 2 heterocycles. The van der Waals surface area contributed by atoms with Gasteiger partial charge in [0, 0.05) is 0 Å². The first-order chi connectivity index (χ1) is 21.9. The van der Waals surface area contributed by atoms with E-state index in [-0.39, 0.29) is 0 Å². The fourth-order valence-corrected chi connectivity index (χ4v) is 28.1. The molecule has 0 bridgehead atoms. The highest BCUT2D eigenvalue weighted by molar-refractivity contribution is 6.91. The SMILES string of the molecule is CC(C)(C)O[Si]1(OC(C)(C)C)[O][Al-]2([O][Si](OC(C)(C)C)(OC(C)(C)C)O1)[O][Si](OC(C)(C)C)(OC(C)(C)C)O[Si](OC(C)(C)C)(OC(C)(C)C)[O]2. The second-order valence-electron chi connectivity index (χ2n) is 21.0. The number of hydrogen-bond acceptors (Lipinski definition) is 14. The van der Waals surface area contributed by atoms with E-state index in [4.69, 9.17) is 57.5 Å². The monoisotopic (exact) mass is 819 g/mol. The zero-order valence-electron chi connectivity index (χ0n) is 36.3. The molecule has 0 aromatic heterocycles. The molecular formula is C32H72AlO14Si4-. The van der Waals surface area contributed by atoms with Gasteiger partial charge in [0.25, 0.3) is 0 Å². The van der Waals surface area contributed by atoms with Gasteiger partial charge in [0.15, 0.2) is 0 Å². The molecule has 0 aromatic rings. The van der Waals surface area contributed by atoms with E-state index < -0.39 is 95.4 Å². The van der Waals surface area contributed by atoms with Crippen LogP contribution in [0, 0.1) is 0 Å². The summed E-state index contributed by atoms with van der Waals surface area (Å²) >= 11 is -5.36. The van der Waals surface area contributed by atoms with Gasteiger partial charge >= 0.3 is 50.6 Å². The summed E-state index contributed by atoms with van der Waals surface area (Å²) in [6.07, 6.45) is 0. The van der Waals surface area contributed by atoms with Crippen LogP contribution >= 0.6 is 0 Å². The summed E-state index contributed by atoms with van der Waals surface area (Å²) < 4.78 is 96.0. The van der Waals surface area contributed by atoms with Gasteiger partial charge < -0.3 is 57.5 Å². The van der Waals surface area contributed by atoms with E-state index in [2.05, 4.69) is 0 Å². The van der Waals surface area contributed by atoms with Crippen LogP contribution in [-0.4, -0.2) is 95.4 Å². The van der Waals surface area contributed by atoms with E-state index in [1.807, 2.05) is 166 Å². The van der Waals surface area contributed by atoms with E-state index in [9.17, 15) is 0 Å². The third-order valence-corrected chi connectivity index (χ3v) is 25.2. The summed E-state index contributed by atoms with van der Waals surface area (Å²) in [5, 5.41) is 0. The smallest absolute Gasteiger partial charge is 0.569 e. The van der Waals surface area contributed by atoms with Crippen LogP contribution in [0.5, 0.6) is 0 Å². The van der Waals surface area contributed by atoms with Crippen molar-refractivity contribution in [2.45, 2.75) is 211 Å². The molecule has 0 aromatic carbocycles. The van der Waals surface area contributed by atoms with E-state index >= 15 is 0 Å². The Morgan fingerprint density at radius 3 is 0.471 bits per heavy atom. The highest BCUT2D eigenvalue weighted by atomic mass is 28.5. The normalized spacial score (nSPS) is 23.1. The molecular weight excluding hydrogens is 748 g/mol. The maximum Gasteiger partial charge on any atom is 0.852 e. The average molecular weight is 820 g/mol. The molecule has 0 aliphatic carbocycles. The van der Waals surface area contributed by atoms with Gasteiger partial charge in [-0.15, -0.1) is 0 Å². The molecule has 0 saturated carbocycles. The van der Waals surface area contributed by atoms with Crippen LogP contribution in [0.1, 0.15) is 166 Å². The lowest BCUT2D eigenvalue weighted by atomic mass is 10.2. The van der Waals surface area contributed by atoms with Crippen molar-refractivity contribution in [2.24, 2.45) is 0 Å². The lowest BCUT2D eigenvalue weighted by Gasteiger charge is -2.61. The minimum Gasteiger partial charge on any atom is -0.569 e. The lowest BCUT2D eigenvalue weighted by molar-refractivity contribution is -0.188. The topological polar surface area (TPSA) is 129 Å². The molecule has 0 atom stereocenters. The Morgan fingerprint density at radius 2 is 0.373 bits per heavy atom. The van der Waals surface area contributed by atoms with Crippen molar-refractivity contribution in [1.82, 2.24) is 0 Å². The van der Waals surface area contributed by atoms with Crippen LogP contribution in [-0.2, 0) is 57.5 Å². The molecule has 2 rings (SSSR count). The third kappa shape index (κ3) is 16.8. The summed E-state index contributed by atoms with van der Waals surface area (Å²) in [6.45, 7) is 44.8. The van der Waals surface area contributed by atoms with Crippen molar-refractivity contribution < 1.29 is 57.5 Å². The van der Waals surface area contributed by atoms with Crippen LogP contribution in [0.2, 0.25) is 0 Å². The second-order valence-corrected chi connectivity index (χ2v) is 33.2. The summed E-state index contributed by atoms with van der Waals surface area (Å²) in [4.78, 5) is 0. The Morgan fingerprint density at radius 1 is 0.255 bits per heavy atom.